The van der Waals surface area contributed by atoms with Crippen molar-refractivity contribution in [3.05, 3.63) is 41.0 Å². The number of rotatable bonds is 2. The largest absolute Gasteiger partial charge is 0.507 e. The monoisotopic (exact) mass is 177 g/mol. The van der Waals surface area contributed by atoms with Gasteiger partial charge in [0.15, 0.2) is 0 Å². The van der Waals surface area contributed by atoms with Crippen LogP contribution in [0.4, 0.5) is 0 Å². The van der Waals surface area contributed by atoms with Gasteiger partial charge in [0.25, 0.3) is 0 Å². The van der Waals surface area contributed by atoms with Crippen molar-refractivity contribution < 1.29 is 5.11 Å². The zero-order valence-corrected chi connectivity index (χ0v) is 8.04. The van der Waals surface area contributed by atoms with Crippen LogP contribution in [0.3, 0.4) is 0 Å². The lowest BCUT2D eigenvalue weighted by Gasteiger charge is -2.07. The van der Waals surface area contributed by atoms with Crippen LogP contribution < -0.4 is 5.73 Å². The molecule has 0 amide bonds. The highest BCUT2D eigenvalue weighted by atomic mass is 16.3. The molecule has 0 aromatic heterocycles. The Hall–Kier alpha value is -1.28. The van der Waals surface area contributed by atoms with Crippen LogP contribution in [0.15, 0.2) is 29.8 Å². The van der Waals surface area contributed by atoms with Gasteiger partial charge >= 0.3 is 0 Å². The van der Waals surface area contributed by atoms with E-state index in [0.29, 0.717) is 12.3 Å². The summed E-state index contributed by atoms with van der Waals surface area (Å²) in [6, 6.07) is 7.71. The molecule has 0 atom stereocenters. The Morgan fingerprint density at radius 3 is 2.54 bits per heavy atom. The lowest BCUT2D eigenvalue weighted by Crippen LogP contribution is -2.03. The summed E-state index contributed by atoms with van der Waals surface area (Å²) in [4.78, 5) is 0. The summed E-state index contributed by atoms with van der Waals surface area (Å²) in [5.74, 6) is 0.306. The number of nitrogens with two attached hydrogens (primary N) is 1. The van der Waals surface area contributed by atoms with E-state index >= 15 is 0 Å². The van der Waals surface area contributed by atoms with E-state index in [1.54, 1.807) is 0 Å². The van der Waals surface area contributed by atoms with E-state index < -0.39 is 0 Å². The van der Waals surface area contributed by atoms with E-state index in [2.05, 4.69) is 0 Å². The van der Waals surface area contributed by atoms with Gasteiger partial charge in [0.2, 0.25) is 0 Å². The zero-order valence-electron chi connectivity index (χ0n) is 8.04. The summed E-state index contributed by atoms with van der Waals surface area (Å²) in [5, 5.41) is 9.77. The number of aryl methyl sites for hydroxylation is 1. The first kappa shape index (κ1) is 9.81. The van der Waals surface area contributed by atoms with Crippen molar-refractivity contribution in [3.8, 4) is 0 Å². The highest BCUT2D eigenvalue weighted by Crippen LogP contribution is 2.18. The summed E-state index contributed by atoms with van der Waals surface area (Å²) in [5.41, 5.74) is 8.19. The van der Waals surface area contributed by atoms with Gasteiger partial charge in [-0.25, -0.2) is 0 Å². The fourth-order valence-corrected chi connectivity index (χ4v) is 1.17. The van der Waals surface area contributed by atoms with Crippen molar-refractivity contribution in [2.75, 3.05) is 6.54 Å². The lowest BCUT2D eigenvalue weighted by atomic mass is 10.0. The molecule has 0 aliphatic rings. The van der Waals surface area contributed by atoms with Crippen molar-refractivity contribution in [2.24, 2.45) is 5.73 Å². The molecule has 0 aliphatic heterocycles. The van der Waals surface area contributed by atoms with Crippen molar-refractivity contribution in [1.29, 1.82) is 0 Å². The number of benzene rings is 1. The molecule has 0 aliphatic carbocycles. The Kier molecular flexibility index (Phi) is 3.09. The van der Waals surface area contributed by atoms with Crippen LogP contribution in [-0.2, 0) is 0 Å². The topological polar surface area (TPSA) is 46.2 Å². The molecule has 0 heterocycles. The molecule has 3 N–H and O–H groups in total. The van der Waals surface area contributed by atoms with Gasteiger partial charge in [-0.1, -0.05) is 24.3 Å². The zero-order chi connectivity index (χ0) is 9.84. The minimum atomic E-state index is 0.306. The number of aliphatic hydroxyl groups is 1. The van der Waals surface area contributed by atoms with Crippen LogP contribution in [-0.4, -0.2) is 11.7 Å². The minimum absolute atomic E-state index is 0.306. The molecule has 0 unspecified atom stereocenters. The fraction of sp³-hybridized carbons (Fsp3) is 0.273. The molecule has 0 radical (unpaired) electrons. The molecule has 0 saturated carbocycles. The number of aliphatic hydroxyl groups excluding tert-OH is 1. The molecule has 1 aromatic rings. The number of hydrogen-bond donors (Lipinski definition) is 2. The van der Waals surface area contributed by atoms with Crippen LogP contribution in [0.25, 0.3) is 5.76 Å². The first-order valence-corrected chi connectivity index (χ1v) is 4.31. The van der Waals surface area contributed by atoms with Gasteiger partial charge in [-0.05, 0) is 25.0 Å². The molecule has 13 heavy (non-hydrogen) atoms. The molecule has 0 fully saturated rings. The highest BCUT2D eigenvalue weighted by molar-refractivity contribution is 5.64. The van der Waals surface area contributed by atoms with Crippen molar-refractivity contribution in [2.45, 2.75) is 13.8 Å². The third kappa shape index (κ3) is 2.10. The quantitative estimate of drug-likeness (QED) is 0.680. The Labute approximate surface area is 78.7 Å². The molecule has 1 aromatic carbocycles. The van der Waals surface area contributed by atoms with Gasteiger partial charge < -0.3 is 10.8 Å². The summed E-state index contributed by atoms with van der Waals surface area (Å²) < 4.78 is 0. The van der Waals surface area contributed by atoms with Gasteiger partial charge in [-0.3, -0.25) is 0 Å². The van der Waals surface area contributed by atoms with E-state index in [9.17, 15) is 5.11 Å². The first-order valence-electron chi connectivity index (χ1n) is 4.31. The highest BCUT2D eigenvalue weighted by Gasteiger charge is 2.04. The van der Waals surface area contributed by atoms with Crippen molar-refractivity contribution in [1.82, 2.24) is 0 Å². The maximum absolute atomic E-state index is 9.77. The molecule has 2 nitrogen and oxygen atoms in total. The van der Waals surface area contributed by atoms with Crippen molar-refractivity contribution >= 4 is 5.76 Å². The second-order valence-electron chi connectivity index (χ2n) is 3.15. The smallest absolute Gasteiger partial charge is 0.123 e. The van der Waals surface area contributed by atoms with Crippen LogP contribution in [0.2, 0.25) is 0 Å². The Balaban J connectivity index is 3.16. The van der Waals surface area contributed by atoms with E-state index in [0.717, 1.165) is 16.7 Å². The van der Waals surface area contributed by atoms with E-state index in [-0.39, 0.29) is 0 Å². The SMILES string of the molecule is C/C(CN)=C(/O)c1ccccc1C. The average Bonchev–Trinajstić information content (AvgIpc) is 2.16. The molecular formula is C11H15NO. The molecule has 1 rings (SSSR count). The second-order valence-corrected chi connectivity index (χ2v) is 3.15. The molecule has 0 bridgehead atoms. The van der Waals surface area contributed by atoms with Crippen LogP contribution in [0.1, 0.15) is 18.1 Å². The van der Waals surface area contributed by atoms with Gasteiger partial charge in [0.1, 0.15) is 5.76 Å². The summed E-state index contributed by atoms with van der Waals surface area (Å²) in [7, 11) is 0. The van der Waals surface area contributed by atoms with Crippen molar-refractivity contribution in [3.63, 3.8) is 0 Å². The Morgan fingerprint density at radius 1 is 1.38 bits per heavy atom. The molecule has 0 saturated heterocycles. The van der Waals surface area contributed by atoms with Gasteiger partial charge in [0, 0.05) is 12.1 Å². The van der Waals surface area contributed by atoms with Crippen LogP contribution in [0, 0.1) is 6.92 Å². The van der Waals surface area contributed by atoms with Gasteiger partial charge in [0.05, 0.1) is 0 Å². The first-order chi connectivity index (χ1) is 6.16. The molecule has 0 spiro atoms. The van der Waals surface area contributed by atoms with E-state index in [4.69, 9.17) is 5.73 Å². The molecule has 2 heteroatoms. The standard InChI is InChI=1S/C11H15NO/c1-8-5-3-4-6-10(8)11(13)9(2)7-12/h3-6,13H,7,12H2,1-2H3/b11-9-. The van der Waals surface area contributed by atoms with Gasteiger partial charge in [-0.2, -0.15) is 0 Å². The molecular weight excluding hydrogens is 162 g/mol. The van der Waals surface area contributed by atoms with E-state index in [1.807, 2.05) is 38.1 Å². The third-order valence-electron chi connectivity index (χ3n) is 2.11. The average molecular weight is 177 g/mol. The molecule has 70 valence electrons. The maximum Gasteiger partial charge on any atom is 0.123 e. The predicted octanol–water partition coefficient (Wildman–Crippen LogP) is 2.24. The normalized spacial score (nSPS) is 12.5. The van der Waals surface area contributed by atoms with Gasteiger partial charge in [-0.15, -0.1) is 0 Å². The summed E-state index contributed by atoms with van der Waals surface area (Å²) in [6.07, 6.45) is 0. The maximum atomic E-state index is 9.77. The Bertz CT molecular complexity index is 329. The number of hydrogen-bond acceptors (Lipinski definition) is 2. The summed E-state index contributed by atoms with van der Waals surface area (Å²) >= 11 is 0. The van der Waals surface area contributed by atoms with Crippen LogP contribution >= 0.6 is 0 Å². The Morgan fingerprint density at radius 2 is 2.00 bits per heavy atom. The van der Waals surface area contributed by atoms with Crippen LogP contribution in [0.5, 0.6) is 0 Å². The second kappa shape index (κ2) is 4.10. The van der Waals surface area contributed by atoms with E-state index in [1.165, 1.54) is 0 Å². The third-order valence-corrected chi connectivity index (χ3v) is 2.11. The lowest BCUT2D eigenvalue weighted by molar-refractivity contribution is 0.505. The fourth-order valence-electron chi connectivity index (χ4n) is 1.17. The minimum Gasteiger partial charge on any atom is -0.507 e. The summed E-state index contributed by atoms with van der Waals surface area (Å²) in [6.45, 7) is 4.19. The predicted molar refractivity (Wildman–Crippen MR) is 55.5 cm³/mol.